The van der Waals surface area contributed by atoms with Gasteiger partial charge in [0.1, 0.15) is 5.82 Å². The summed E-state index contributed by atoms with van der Waals surface area (Å²) in [6, 6.07) is 10.4. The van der Waals surface area contributed by atoms with Gasteiger partial charge in [0.2, 0.25) is 5.91 Å². The third-order valence-corrected chi connectivity index (χ3v) is 6.01. The summed E-state index contributed by atoms with van der Waals surface area (Å²) in [5.74, 6) is 4.02. The van der Waals surface area contributed by atoms with E-state index < -0.39 is 0 Å². The fraction of sp³-hybridized carbons (Fsp3) is 0.500. The Morgan fingerprint density at radius 2 is 2.08 bits per heavy atom. The first-order chi connectivity index (χ1) is 12.3. The third-order valence-electron chi connectivity index (χ3n) is 4.02. The molecule has 1 heterocycles. The predicted molar refractivity (Wildman–Crippen MR) is 104 cm³/mol. The molecule has 2 aromatic rings. The number of hydrogen-bond donors (Lipinski definition) is 1. The summed E-state index contributed by atoms with van der Waals surface area (Å²) in [5.41, 5.74) is 1.32. The SMILES string of the molecule is CCn1c(SCC(=O)NCCSCc2ccccc2)nnc1C1CC1. The highest BCUT2D eigenvalue weighted by Gasteiger charge is 2.30. The van der Waals surface area contributed by atoms with Crippen LogP contribution >= 0.6 is 23.5 Å². The van der Waals surface area contributed by atoms with Gasteiger partial charge < -0.3 is 9.88 Å². The first-order valence-corrected chi connectivity index (χ1v) is 10.9. The summed E-state index contributed by atoms with van der Waals surface area (Å²) < 4.78 is 2.14. The Morgan fingerprint density at radius 1 is 1.28 bits per heavy atom. The van der Waals surface area contributed by atoms with Gasteiger partial charge in [0.25, 0.3) is 0 Å². The highest BCUT2D eigenvalue weighted by atomic mass is 32.2. The summed E-state index contributed by atoms with van der Waals surface area (Å²) in [5, 5.41) is 12.4. The van der Waals surface area contributed by atoms with Gasteiger partial charge in [-0.25, -0.2) is 0 Å². The molecule has 0 saturated heterocycles. The van der Waals surface area contributed by atoms with Crippen LogP contribution in [0.3, 0.4) is 0 Å². The zero-order valence-corrected chi connectivity index (χ0v) is 16.1. The standard InChI is InChI=1S/C18H24N4OS2/c1-2-22-17(15-8-9-15)20-21-18(22)25-13-16(23)19-10-11-24-12-14-6-4-3-5-7-14/h3-7,15H,2,8-13H2,1H3,(H,19,23). The summed E-state index contributed by atoms with van der Waals surface area (Å²) in [6.07, 6.45) is 2.42. The minimum atomic E-state index is 0.0592. The second-order valence-electron chi connectivity index (χ2n) is 6.04. The van der Waals surface area contributed by atoms with E-state index in [-0.39, 0.29) is 5.91 Å². The van der Waals surface area contributed by atoms with Gasteiger partial charge in [-0.2, -0.15) is 11.8 Å². The number of aromatic nitrogens is 3. The average Bonchev–Trinajstić information content (AvgIpc) is 3.40. The normalized spacial score (nSPS) is 13.8. The van der Waals surface area contributed by atoms with Gasteiger partial charge in [0.15, 0.2) is 5.16 Å². The van der Waals surface area contributed by atoms with Crippen LogP contribution in [0.1, 0.15) is 37.1 Å². The minimum Gasteiger partial charge on any atom is -0.355 e. The molecule has 134 valence electrons. The summed E-state index contributed by atoms with van der Waals surface area (Å²) in [4.78, 5) is 12.0. The van der Waals surface area contributed by atoms with Crippen LogP contribution in [0.2, 0.25) is 0 Å². The van der Waals surface area contributed by atoms with E-state index in [2.05, 4.69) is 51.3 Å². The molecule has 7 heteroatoms. The minimum absolute atomic E-state index is 0.0592. The number of benzene rings is 1. The first kappa shape index (κ1) is 18.3. The molecule has 0 unspecified atom stereocenters. The van der Waals surface area contributed by atoms with Crippen LogP contribution in [0.15, 0.2) is 35.5 Å². The van der Waals surface area contributed by atoms with Gasteiger partial charge >= 0.3 is 0 Å². The number of nitrogens with zero attached hydrogens (tertiary/aromatic N) is 3. The second-order valence-corrected chi connectivity index (χ2v) is 8.08. The largest absolute Gasteiger partial charge is 0.355 e. The van der Waals surface area contributed by atoms with Gasteiger partial charge in [-0.05, 0) is 25.3 Å². The number of carbonyl (C=O) groups excluding carboxylic acids is 1. The zero-order valence-electron chi connectivity index (χ0n) is 14.5. The van der Waals surface area contributed by atoms with Crippen LogP contribution in [0.25, 0.3) is 0 Å². The van der Waals surface area contributed by atoms with Crippen molar-refractivity contribution in [1.82, 2.24) is 20.1 Å². The van der Waals surface area contributed by atoms with Gasteiger partial charge in [-0.15, -0.1) is 10.2 Å². The molecule has 0 atom stereocenters. The fourth-order valence-corrected chi connectivity index (χ4v) is 4.21. The van der Waals surface area contributed by atoms with Crippen molar-refractivity contribution in [2.24, 2.45) is 0 Å². The molecule has 1 aromatic carbocycles. The lowest BCUT2D eigenvalue weighted by atomic mass is 10.2. The molecule has 1 aliphatic carbocycles. The maximum absolute atomic E-state index is 12.0. The van der Waals surface area contributed by atoms with Crippen molar-refractivity contribution in [3.8, 4) is 0 Å². The molecule has 1 fully saturated rings. The van der Waals surface area contributed by atoms with Crippen molar-refractivity contribution in [2.45, 2.75) is 43.1 Å². The van der Waals surface area contributed by atoms with Crippen molar-refractivity contribution in [2.75, 3.05) is 18.1 Å². The number of carbonyl (C=O) groups is 1. The number of thioether (sulfide) groups is 2. The van der Waals surface area contributed by atoms with Gasteiger partial charge in [0, 0.05) is 30.5 Å². The zero-order chi connectivity index (χ0) is 17.5. The van der Waals surface area contributed by atoms with E-state index in [1.165, 1.54) is 30.2 Å². The smallest absolute Gasteiger partial charge is 0.230 e. The lowest BCUT2D eigenvalue weighted by Gasteiger charge is -2.07. The Morgan fingerprint density at radius 3 is 2.80 bits per heavy atom. The predicted octanol–water partition coefficient (Wildman–Crippen LogP) is 3.32. The Balaban J connectivity index is 1.33. The molecular formula is C18H24N4OS2. The van der Waals surface area contributed by atoms with Crippen molar-refractivity contribution in [1.29, 1.82) is 0 Å². The lowest BCUT2D eigenvalue weighted by Crippen LogP contribution is -2.27. The van der Waals surface area contributed by atoms with E-state index in [0.717, 1.165) is 29.0 Å². The van der Waals surface area contributed by atoms with Crippen molar-refractivity contribution in [3.05, 3.63) is 41.7 Å². The summed E-state index contributed by atoms with van der Waals surface area (Å²) in [7, 11) is 0. The summed E-state index contributed by atoms with van der Waals surface area (Å²) in [6.45, 7) is 3.66. The summed E-state index contributed by atoms with van der Waals surface area (Å²) >= 11 is 3.31. The van der Waals surface area contributed by atoms with E-state index in [0.29, 0.717) is 18.2 Å². The fourth-order valence-electron chi connectivity index (χ4n) is 2.56. The van der Waals surface area contributed by atoms with E-state index in [1.54, 1.807) is 0 Å². The second kappa shape index (κ2) is 9.29. The topological polar surface area (TPSA) is 59.8 Å². The van der Waals surface area contributed by atoms with Gasteiger partial charge in [-0.3, -0.25) is 4.79 Å². The Hall–Kier alpha value is -1.47. The molecule has 5 nitrogen and oxygen atoms in total. The maximum Gasteiger partial charge on any atom is 0.230 e. The quantitative estimate of drug-likeness (QED) is 0.509. The van der Waals surface area contributed by atoms with Crippen LogP contribution in [-0.4, -0.2) is 38.7 Å². The molecule has 0 bridgehead atoms. The van der Waals surface area contributed by atoms with E-state index in [1.807, 2.05) is 17.8 Å². The molecule has 25 heavy (non-hydrogen) atoms. The number of amides is 1. The third kappa shape index (κ3) is 5.51. The van der Waals surface area contributed by atoms with Gasteiger partial charge in [-0.1, -0.05) is 42.1 Å². The Kier molecular flexibility index (Phi) is 6.81. The van der Waals surface area contributed by atoms with Crippen LogP contribution in [0.4, 0.5) is 0 Å². The molecule has 0 radical (unpaired) electrons. The number of hydrogen-bond acceptors (Lipinski definition) is 5. The van der Waals surface area contributed by atoms with Crippen LogP contribution in [0, 0.1) is 0 Å². The highest BCUT2D eigenvalue weighted by molar-refractivity contribution is 7.99. The van der Waals surface area contributed by atoms with E-state index in [4.69, 9.17) is 0 Å². The van der Waals surface area contributed by atoms with Crippen LogP contribution in [0.5, 0.6) is 0 Å². The lowest BCUT2D eigenvalue weighted by molar-refractivity contribution is -0.118. The van der Waals surface area contributed by atoms with Crippen molar-refractivity contribution >= 4 is 29.4 Å². The van der Waals surface area contributed by atoms with Gasteiger partial charge in [0.05, 0.1) is 5.75 Å². The van der Waals surface area contributed by atoms with Crippen molar-refractivity contribution < 1.29 is 4.79 Å². The number of rotatable bonds is 10. The molecule has 1 amide bonds. The monoisotopic (exact) mass is 376 g/mol. The molecule has 3 rings (SSSR count). The number of nitrogens with one attached hydrogen (secondary N) is 1. The maximum atomic E-state index is 12.0. The molecule has 0 aliphatic heterocycles. The molecule has 1 saturated carbocycles. The average molecular weight is 377 g/mol. The van der Waals surface area contributed by atoms with Crippen LogP contribution in [-0.2, 0) is 17.1 Å². The van der Waals surface area contributed by atoms with E-state index >= 15 is 0 Å². The highest BCUT2D eigenvalue weighted by Crippen LogP contribution is 2.39. The molecule has 0 spiro atoms. The molecule has 1 N–H and O–H groups in total. The molecule has 1 aliphatic rings. The van der Waals surface area contributed by atoms with E-state index in [9.17, 15) is 4.79 Å². The molecule has 1 aromatic heterocycles. The Bertz CT molecular complexity index is 686. The van der Waals surface area contributed by atoms with Crippen LogP contribution < -0.4 is 5.32 Å². The van der Waals surface area contributed by atoms with Crippen molar-refractivity contribution in [3.63, 3.8) is 0 Å². The molecular weight excluding hydrogens is 352 g/mol. The first-order valence-electron chi connectivity index (χ1n) is 8.72. The Labute approximate surface area is 157 Å².